The normalized spacial score (nSPS) is 21.2. The van der Waals surface area contributed by atoms with E-state index in [1.54, 1.807) is 12.6 Å². The summed E-state index contributed by atoms with van der Waals surface area (Å²) in [6.45, 7) is 8.24. The second-order valence-electron chi connectivity index (χ2n) is 8.00. The Morgan fingerprint density at radius 3 is 2.88 bits per heavy atom. The van der Waals surface area contributed by atoms with Crippen molar-refractivity contribution >= 4 is 0 Å². The first-order valence-electron chi connectivity index (χ1n) is 9.30. The molecule has 1 saturated heterocycles. The summed E-state index contributed by atoms with van der Waals surface area (Å²) in [4.78, 5) is 6.96. The second kappa shape index (κ2) is 7.70. The van der Waals surface area contributed by atoms with Crippen molar-refractivity contribution < 1.29 is 9.52 Å². The summed E-state index contributed by atoms with van der Waals surface area (Å²) in [6.07, 6.45) is 8.14. The number of aromatic nitrogens is 3. The molecule has 0 radical (unpaired) electrons. The van der Waals surface area contributed by atoms with E-state index in [9.17, 15) is 5.11 Å². The first-order chi connectivity index (χ1) is 11.9. The van der Waals surface area contributed by atoms with E-state index >= 15 is 0 Å². The Morgan fingerprint density at radius 1 is 1.32 bits per heavy atom. The van der Waals surface area contributed by atoms with Gasteiger partial charge in [-0.2, -0.15) is 5.10 Å². The standard InChI is InChI=1S/C19H30N4O2/c1-19(2,3)23-18(20-14-21-23)13-22-10-6-4-5-8-15(22)12-16(24)17-9-7-11-25-17/h7,9,11,14-16,24H,4-6,8,10,12-13H2,1-3H3/t15-,16-/m0/s1. The minimum atomic E-state index is -0.555. The van der Waals surface area contributed by atoms with Crippen LogP contribution in [0, 0.1) is 0 Å². The molecule has 0 bridgehead atoms. The molecule has 1 aliphatic heterocycles. The van der Waals surface area contributed by atoms with Gasteiger partial charge in [0, 0.05) is 6.04 Å². The molecular formula is C19H30N4O2. The molecule has 0 unspecified atom stereocenters. The van der Waals surface area contributed by atoms with Crippen molar-refractivity contribution in [3.63, 3.8) is 0 Å². The summed E-state index contributed by atoms with van der Waals surface area (Å²) in [5.74, 6) is 1.65. The molecule has 25 heavy (non-hydrogen) atoms. The van der Waals surface area contributed by atoms with Gasteiger partial charge in [-0.3, -0.25) is 4.90 Å². The SMILES string of the molecule is CC(C)(C)n1ncnc1CN1CCCCC[C@H]1C[C@H](O)c1ccco1. The van der Waals surface area contributed by atoms with E-state index in [0.29, 0.717) is 18.2 Å². The molecule has 3 rings (SSSR count). The Balaban J connectivity index is 1.74. The number of furan rings is 1. The lowest BCUT2D eigenvalue weighted by Gasteiger charge is -2.32. The molecule has 1 N–H and O–H groups in total. The maximum atomic E-state index is 10.5. The maximum Gasteiger partial charge on any atom is 0.141 e. The topological polar surface area (TPSA) is 67.3 Å². The number of rotatable bonds is 5. The van der Waals surface area contributed by atoms with Crippen LogP contribution in [0.1, 0.15) is 70.6 Å². The molecule has 0 aliphatic carbocycles. The molecule has 138 valence electrons. The predicted molar refractivity (Wildman–Crippen MR) is 96.0 cm³/mol. The molecule has 2 atom stereocenters. The first-order valence-corrected chi connectivity index (χ1v) is 9.30. The van der Waals surface area contributed by atoms with Gasteiger partial charge in [0.2, 0.25) is 0 Å². The van der Waals surface area contributed by atoms with Crippen molar-refractivity contribution in [3.8, 4) is 0 Å². The first kappa shape index (κ1) is 18.1. The van der Waals surface area contributed by atoms with Crippen LogP contribution in [0.5, 0.6) is 0 Å². The molecule has 0 aromatic carbocycles. The van der Waals surface area contributed by atoms with Crippen molar-refractivity contribution in [1.82, 2.24) is 19.7 Å². The van der Waals surface area contributed by atoms with Crippen molar-refractivity contribution in [2.24, 2.45) is 0 Å². The third-order valence-corrected chi connectivity index (χ3v) is 4.96. The van der Waals surface area contributed by atoms with Gasteiger partial charge in [0.1, 0.15) is 24.0 Å². The molecule has 1 aliphatic rings. The molecule has 0 spiro atoms. The molecular weight excluding hydrogens is 316 g/mol. The number of nitrogens with zero attached hydrogens (tertiary/aromatic N) is 4. The van der Waals surface area contributed by atoms with Crippen LogP contribution < -0.4 is 0 Å². The Kier molecular flexibility index (Phi) is 5.59. The van der Waals surface area contributed by atoms with E-state index in [1.807, 2.05) is 16.8 Å². The van der Waals surface area contributed by atoms with Gasteiger partial charge in [-0.05, 0) is 58.7 Å². The van der Waals surface area contributed by atoms with Crippen molar-refractivity contribution in [1.29, 1.82) is 0 Å². The van der Waals surface area contributed by atoms with E-state index in [-0.39, 0.29) is 5.54 Å². The summed E-state index contributed by atoms with van der Waals surface area (Å²) in [7, 11) is 0. The fourth-order valence-electron chi connectivity index (χ4n) is 3.68. The van der Waals surface area contributed by atoms with Crippen LogP contribution in [-0.4, -0.2) is 37.4 Å². The van der Waals surface area contributed by atoms with Gasteiger partial charge >= 0.3 is 0 Å². The maximum absolute atomic E-state index is 10.5. The lowest BCUT2D eigenvalue weighted by Crippen LogP contribution is -2.37. The monoisotopic (exact) mass is 346 g/mol. The summed E-state index contributed by atoms with van der Waals surface area (Å²) in [5, 5.41) is 14.9. The number of hydrogen-bond acceptors (Lipinski definition) is 5. The summed E-state index contributed by atoms with van der Waals surface area (Å²) in [6, 6.07) is 4.00. The number of hydrogen-bond donors (Lipinski definition) is 1. The van der Waals surface area contributed by atoms with Gasteiger partial charge in [0.05, 0.1) is 18.3 Å². The smallest absolute Gasteiger partial charge is 0.141 e. The number of likely N-dealkylation sites (tertiary alicyclic amines) is 1. The zero-order valence-electron chi connectivity index (χ0n) is 15.6. The van der Waals surface area contributed by atoms with Gasteiger partial charge in [0.25, 0.3) is 0 Å². The fraction of sp³-hybridized carbons (Fsp3) is 0.684. The van der Waals surface area contributed by atoms with E-state index in [2.05, 4.69) is 35.8 Å². The molecule has 0 saturated carbocycles. The zero-order chi connectivity index (χ0) is 17.9. The summed E-state index contributed by atoms with van der Waals surface area (Å²) in [5.41, 5.74) is -0.0825. The molecule has 2 aromatic heterocycles. The third-order valence-electron chi connectivity index (χ3n) is 4.96. The van der Waals surface area contributed by atoms with Crippen LogP contribution in [0.25, 0.3) is 0 Å². The molecule has 2 aromatic rings. The average molecular weight is 346 g/mol. The molecule has 6 heteroatoms. The second-order valence-corrected chi connectivity index (χ2v) is 8.00. The fourth-order valence-corrected chi connectivity index (χ4v) is 3.68. The predicted octanol–water partition coefficient (Wildman–Crippen LogP) is 3.49. The van der Waals surface area contributed by atoms with Gasteiger partial charge in [-0.25, -0.2) is 9.67 Å². The van der Waals surface area contributed by atoms with Crippen LogP contribution >= 0.6 is 0 Å². The van der Waals surface area contributed by atoms with Crippen LogP contribution in [0.4, 0.5) is 0 Å². The Morgan fingerprint density at radius 2 is 2.16 bits per heavy atom. The van der Waals surface area contributed by atoms with Gasteiger partial charge in [-0.15, -0.1) is 0 Å². The van der Waals surface area contributed by atoms with Crippen LogP contribution in [-0.2, 0) is 12.1 Å². The van der Waals surface area contributed by atoms with Crippen LogP contribution in [0.15, 0.2) is 29.1 Å². The quantitative estimate of drug-likeness (QED) is 0.897. The van der Waals surface area contributed by atoms with Gasteiger partial charge in [-0.1, -0.05) is 12.8 Å². The molecule has 0 amide bonds. The van der Waals surface area contributed by atoms with Crippen molar-refractivity contribution in [2.75, 3.05) is 6.54 Å². The number of aliphatic hydroxyl groups excluding tert-OH is 1. The largest absolute Gasteiger partial charge is 0.467 e. The summed E-state index contributed by atoms with van der Waals surface area (Å²) >= 11 is 0. The molecule has 6 nitrogen and oxygen atoms in total. The van der Waals surface area contributed by atoms with Gasteiger partial charge < -0.3 is 9.52 Å². The highest BCUT2D eigenvalue weighted by Crippen LogP contribution is 2.28. The van der Waals surface area contributed by atoms with E-state index in [0.717, 1.165) is 25.3 Å². The van der Waals surface area contributed by atoms with Crippen LogP contribution in [0.2, 0.25) is 0 Å². The molecule has 1 fully saturated rings. The highest BCUT2D eigenvalue weighted by molar-refractivity contribution is 5.03. The highest BCUT2D eigenvalue weighted by atomic mass is 16.4. The van der Waals surface area contributed by atoms with E-state index in [1.165, 1.54) is 19.3 Å². The minimum Gasteiger partial charge on any atom is -0.467 e. The summed E-state index contributed by atoms with van der Waals surface area (Å²) < 4.78 is 7.39. The highest BCUT2D eigenvalue weighted by Gasteiger charge is 2.28. The van der Waals surface area contributed by atoms with E-state index < -0.39 is 6.10 Å². The van der Waals surface area contributed by atoms with Crippen LogP contribution in [0.3, 0.4) is 0 Å². The third kappa shape index (κ3) is 4.50. The Labute approximate surface area is 149 Å². The zero-order valence-corrected chi connectivity index (χ0v) is 15.6. The average Bonchev–Trinajstić information content (AvgIpc) is 3.19. The Bertz CT molecular complexity index is 645. The lowest BCUT2D eigenvalue weighted by atomic mass is 10.0. The Hall–Kier alpha value is -1.66. The van der Waals surface area contributed by atoms with E-state index in [4.69, 9.17) is 4.42 Å². The molecule has 3 heterocycles. The number of aliphatic hydroxyl groups is 1. The van der Waals surface area contributed by atoms with Crippen molar-refractivity contribution in [2.45, 2.75) is 77.1 Å². The minimum absolute atomic E-state index is 0.0825. The van der Waals surface area contributed by atoms with Crippen molar-refractivity contribution in [3.05, 3.63) is 36.3 Å². The van der Waals surface area contributed by atoms with Gasteiger partial charge in [0.15, 0.2) is 0 Å². The lowest BCUT2D eigenvalue weighted by molar-refractivity contribution is 0.0803.